The van der Waals surface area contributed by atoms with E-state index in [-0.39, 0.29) is 11.7 Å². The highest BCUT2D eigenvalue weighted by Gasteiger charge is 2.23. The standard InChI is InChI=1S/C17H18N2O3/c1-13(20)14-4-6-15(7-5-14)18-8-10-19(11-9-18)17(21)16-3-2-12-22-16/h2-7,12H,8-11H2,1H3. The summed E-state index contributed by atoms with van der Waals surface area (Å²) in [6, 6.07) is 11.0. The third kappa shape index (κ3) is 2.88. The van der Waals surface area contributed by atoms with Gasteiger partial charge in [0.25, 0.3) is 5.91 Å². The summed E-state index contributed by atoms with van der Waals surface area (Å²) in [5.41, 5.74) is 1.80. The maximum absolute atomic E-state index is 12.2. The topological polar surface area (TPSA) is 53.8 Å². The minimum absolute atomic E-state index is 0.0587. The van der Waals surface area contributed by atoms with Gasteiger partial charge < -0.3 is 14.2 Å². The van der Waals surface area contributed by atoms with Crippen LogP contribution in [-0.4, -0.2) is 42.8 Å². The molecule has 1 fully saturated rings. The first-order valence-electron chi connectivity index (χ1n) is 7.34. The average Bonchev–Trinajstić information content (AvgIpc) is 3.09. The summed E-state index contributed by atoms with van der Waals surface area (Å²) in [5, 5.41) is 0. The molecule has 0 radical (unpaired) electrons. The predicted molar refractivity (Wildman–Crippen MR) is 83.3 cm³/mol. The molecule has 5 nitrogen and oxygen atoms in total. The first-order valence-corrected chi connectivity index (χ1v) is 7.34. The summed E-state index contributed by atoms with van der Waals surface area (Å²) in [5.74, 6) is 0.399. The van der Waals surface area contributed by atoms with Gasteiger partial charge in [-0.2, -0.15) is 0 Å². The lowest BCUT2D eigenvalue weighted by atomic mass is 10.1. The normalized spacial score (nSPS) is 15.0. The van der Waals surface area contributed by atoms with E-state index >= 15 is 0 Å². The number of ketones is 1. The van der Waals surface area contributed by atoms with Crippen LogP contribution in [0.1, 0.15) is 27.8 Å². The summed E-state index contributed by atoms with van der Waals surface area (Å²) in [6.07, 6.45) is 1.51. The van der Waals surface area contributed by atoms with Crippen LogP contribution >= 0.6 is 0 Å². The molecule has 1 aliphatic rings. The van der Waals surface area contributed by atoms with E-state index in [1.165, 1.54) is 6.26 Å². The largest absolute Gasteiger partial charge is 0.459 e. The molecular weight excluding hydrogens is 280 g/mol. The molecule has 0 spiro atoms. The van der Waals surface area contributed by atoms with Gasteiger partial charge in [0, 0.05) is 37.4 Å². The number of hydrogen-bond acceptors (Lipinski definition) is 4. The van der Waals surface area contributed by atoms with E-state index in [4.69, 9.17) is 4.42 Å². The van der Waals surface area contributed by atoms with Gasteiger partial charge in [0.2, 0.25) is 0 Å². The summed E-state index contributed by atoms with van der Waals surface area (Å²) in [7, 11) is 0. The molecule has 22 heavy (non-hydrogen) atoms. The number of piperazine rings is 1. The second-order valence-corrected chi connectivity index (χ2v) is 5.36. The Labute approximate surface area is 129 Å². The van der Waals surface area contributed by atoms with Gasteiger partial charge in [-0.3, -0.25) is 9.59 Å². The summed E-state index contributed by atoms with van der Waals surface area (Å²) < 4.78 is 5.16. The Hall–Kier alpha value is -2.56. The van der Waals surface area contributed by atoms with Crippen molar-refractivity contribution in [1.82, 2.24) is 4.90 Å². The van der Waals surface area contributed by atoms with Crippen molar-refractivity contribution in [1.29, 1.82) is 0 Å². The van der Waals surface area contributed by atoms with Gasteiger partial charge in [-0.25, -0.2) is 0 Å². The van der Waals surface area contributed by atoms with E-state index in [2.05, 4.69) is 4.90 Å². The van der Waals surface area contributed by atoms with E-state index in [1.54, 1.807) is 24.0 Å². The fourth-order valence-electron chi connectivity index (χ4n) is 2.63. The minimum Gasteiger partial charge on any atom is -0.459 e. The van der Waals surface area contributed by atoms with Crippen molar-refractivity contribution < 1.29 is 14.0 Å². The Morgan fingerprint density at radius 3 is 2.23 bits per heavy atom. The molecule has 1 aromatic carbocycles. The molecule has 1 aliphatic heterocycles. The van der Waals surface area contributed by atoms with Crippen molar-refractivity contribution in [3.05, 3.63) is 54.0 Å². The zero-order chi connectivity index (χ0) is 15.5. The second kappa shape index (κ2) is 6.05. The highest BCUT2D eigenvalue weighted by Crippen LogP contribution is 2.18. The lowest BCUT2D eigenvalue weighted by Gasteiger charge is -2.35. The number of carbonyl (C=O) groups is 2. The van der Waals surface area contributed by atoms with Crippen LogP contribution in [-0.2, 0) is 0 Å². The van der Waals surface area contributed by atoms with Crippen molar-refractivity contribution in [2.75, 3.05) is 31.1 Å². The van der Waals surface area contributed by atoms with Crippen molar-refractivity contribution in [2.45, 2.75) is 6.92 Å². The van der Waals surface area contributed by atoms with Crippen LogP contribution in [0.2, 0.25) is 0 Å². The van der Waals surface area contributed by atoms with E-state index in [1.807, 2.05) is 24.3 Å². The van der Waals surface area contributed by atoms with Crippen LogP contribution < -0.4 is 4.90 Å². The maximum atomic E-state index is 12.2. The van der Waals surface area contributed by atoms with Crippen molar-refractivity contribution in [2.24, 2.45) is 0 Å². The number of amides is 1. The quantitative estimate of drug-likeness (QED) is 0.817. The molecule has 1 aromatic heterocycles. The third-order valence-electron chi connectivity index (χ3n) is 3.94. The first-order chi connectivity index (χ1) is 10.6. The molecule has 0 atom stereocenters. The number of Topliss-reactive ketones (excluding diaryl/α,β-unsaturated/α-hetero) is 1. The third-order valence-corrected chi connectivity index (χ3v) is 3.94. The van der Waals surface area contributed by atoms with Crippen LogP contribution in [0.25, 0.3) is 0 Å². The monoisotopic (exact) mass is 298 g/mol. The Kier molecular flexibility index (Phi) is 3.96. The van der Waals surface area contributed by atoms with Crippen molar-refractivity contribution in [3.63, 3.8) is 0 Å². The van der Waals surface area contributed by atoms with Gasteiger partial charge in [-0.15, -0.1) is 0 Å². The molecule has 2 heterocycles. The predicted octanol–water partition coefficient (Wildman–Crippen LogP) is 2.44. The van der Waals surface area contributed by atoms with E-state index in [0.717, 1.165) is 24.3 Å². The lowest BCUT2D eigenvalue weighted by Crippen LogP contribution is -2.48. The molecule has 0 bridgehead atoms. The zero-order valence-electron chi connectivity index (χ0n) is 12.5. The summed E-state index contributed by atoms with van der Waals surface area (Å²) in [4.78, 5) is 27.5. The minimum atomic E-state index is -0.0587. The van der Waals surface area contributed by atoms with Crippen molar-refractivity contribution >= 4 is 17.4 Å². The average molecular weight is 298 g/mol. The Morgan fingerprint density at radius 1 is 1.00 bits per heavy atom. The fourth-order valence-corrected chi connectivity index (χ4v) is 2.63. The van der Waals surface area contributed by atoms with Gasteiger partial charge in [0.1, 0.15) is 0 Å². The smallest absolute Gasteiger partial charge is 0.289 e. The van der Waals surface area contributed by atoms with Crippen LogP contribution in [0, 0.1) is 0 Å². The van der Waals surface area contributed by atoms with E-state index < -0.39 is 0 Å². The molecule has 0 aliphatic carbocycles. The molecule has 2 aromatic rings. The van der Waals surface area contributed by atoms with E-state index in [0.29, 0.717) is 18.8 Å². The lowest BCUT2D eigenvalue weighted by molar-refractivity contribution is 0.0714. The number of benzene rings is 1. The number of hydrogen-bond donors (Lipinski definition) is 0. The molecule has 1 amide bonds. The molecule has 0 unspecified atom stereocenters. The Balaban J connectivity index is 1.62. The molecule has 5 heteroatoms. The van der Waals surface area contributed by atoms with Gasteiger partial charge in [0.05, 0.1) is 6.26 Å². The Morgan fingerprint density at radius 2 is 1.68 bits per heavy atom. The molecule has 0 N–H and O–H groups in total. The zero-order valence-corrected chi connectivity index (χ0v) is 12.5. The highest BCUT2D eigenvalue weighted by molar-refractivity contribution is 5.94. The number of carbonyl (C=O) groups excluding carboxylic acids is 2. The number of rotatable bonds is 3. The summed E-state index contributed by atoms with van der Waals surface area (Å²) >= 11 is 0. The van der Waals surface area contributed by atoms with Gasteiger partial charge in [-0.1, -0.05) is 0 Å². The number of anilines is 1. The SMILES string of the molecule is CC(=O)c1ccc(N2CCN(C(=O)c3ccco3)CC2)cc1. The van der Waals surface area contributed by atoms with E-state index in [9.17, 15) is 9.59 Å². The van der Waals surface area contributed by atoms with Crippen LogP contribution in [0.4, 0.5) is 5.69 Å². The number of nitrogens with zero attached hydrogens (tertiary/aromatic N) is 2. The van der Waals surface area contributed by atoms with Crippen LogP contribution in [0.15, 0.2) is 47.1 Å². The van der Waals surface area contributed by atoms with Gasteiger partial charge in [0.15, 0.2) is 11.5 Å². The van der Waals surface area contributed by atoms with Gasteiger partial charge in [-0.05, 0) is 43.3 Å². The first kappa shape index (κ1) is 14.4. The van der Waals surface area contributed by atoms with Crippen molar-refractivity contribution in [3.8, 4) is 0 Å². The van der Waals surface area contributed by atoms with Gasteiger partial charge >= 0.3 is 0 Å². The summed E-state index contributed by atoms with van der Waals surface area (Å²) in [6.45, 7) is 4.42. The fraction of sp³-hybridized carbons (Fsp3) is 0.294. The van der Waals surface area contributed by atoms with Crippen LogP contribution in [0.5, 0.6) is 0 Å². The second-order valence-electron chi connectivity index (χ2n) is 5.36. The maximum Gasteiger partial charge on any atom is 0.289 e. The molecule has 0 saturated carbocycles. The Bertz CT molecular complexity index is 654. The van der Waals surface area contributed by atoms with Crippen LogP contribution in [0.3, 0.4) is 0 Å². The highest BCUT2D eigenvalue weighted by atomic mass is 16.3. The molecule has 114 valence electrons. The number of furan rings is 1. The molecule has 1 saturated heterocycles. The molecule has 3 rings (SSSR count). The molecular formula is C17H18N2O3.